The third-order valence-corrected chi connectivity index (χ3v) is 3.65. The van der Waals surface area contributed by atoms with Gasteiger partial charge in [-0.15, -0.1) is 0 Å². The Morgan fingerprint density at radius 3 is 2.43 bits per heavy atom. The van der Waals surface area contributed by atoms with Gasteiger partial charge in [-0.3, -0.25) is 4.79 Å². The Bertz CT molecular complexity index is 683. The number of carbonyl (C=O) groups excluding carboxylic acids is 2. The van der Waals surface area contributed by atoms with Crippen molar-refractivity contribution in [3.8, 4) is 5.75 Å². The third kappa shape index (κ3) is 3.44. The van der Waals surface area contributed by atoms with E-state index in [1.165, 1.54) is 19.2 Å². The van der Waals surface area contributed by atoms with Crippen LogP contribution in [0.2, 0.25) is 0 Å². The molecule has 5 nitrogen and oxygen atoms in total. The first kappa shape index (κ1) is 16.8. The van der Waals surface area contributed by atoms with Gasteiger partial charge in [-0.2, -0.15) is 0 Å². The monoisotopic (exact) mass is 315 g/mol. The highest BCUT2D eigenvalue weighted by Crippen LogP contribution is 2.32. The minimum absolute atomic E-state index is 0.145. The van der Waals surface area contributed by atoms with Gasteiger partial charge >= 0.3 is 5.97 Å². The summed E-state index contributed by atoms with van der Waals surface area (Å²) in [6.45, 7) is 6.32. The molecule has 1 heterocycles. The molecule has 0 aliphatic carbocycles. The molecule has 0 fully saturated rings. The van der Waals surface area contributed by atoms with Gasteiger partial charge in [0.1, 0.15) is 5.75 Å². The SMILES string of the molecule is COC(=O)C1=C(C)N(CC(C)C)C(=O)/C1=C\c1ccc(O)cc1. The van der Waals surface area contributed by atoms with Crippen molar-refractivity contribution >= 4 is 18.0 Å². The van der Waals surface area contributed by atoms with E-state index < -0.39 is 5.97 Å². The van der Waals surface area contributed by atoms with E-state index >= 15 is 0 Å². The van der Waals surface area contributed by atoms with Gasteiger partial charge in [0.05, 0.1) is 18.3 Å². The number of methoxy groups -OCH3 is 1. The first-order valence-electron chi connectivity index (χ1n) is 7.47. The lowest BCUT2D eigenvalue weighted by Gasteiger charge is -2.19. The zero-order chi connectivity index (χ0) is 17.1. The van der Waals surface area contributed by atoms with Crippen molar-refractivity contribution in [2.75, 3.05) is 13.7 Å². The number of amides is 1. The van der Waals surface area contributed by atoms with Crippen LogP contribution in [0, 0.1) is 5.92 Å². The average Bonchev–Trinajstić information content (AvgIpc) is 2.73. The van der Waals surface area contributed by atoms with Crippen molar-refractivity contribution in [1.82, 2.24) is 4.90 Å². The van der Waals surface area contributed by atoms with Gasteiger partial charge in [0.15, 0.2) is 0 Å². The van der Waals surface area contributed by atoms with E-state index in [1.807, 2.05) is 13.8 Å². The molecule has 0 saturated carbocycles. The molecule has 1 aromatic carbocycles. The van der Waals surface area contributed by atoms with Crippen LogP contribution in [0.1, 0.15) is 26.3 Å². The molecule has 0 bridgehead atoms. The molecule has 1 aromatic rings. The van der Waals surface area contributed by atoms with Crippen LogP contribution in [-0.2, 0) is 14.3 Å². The van der Waals surface area contributed by atoms with E-state index in [1.54, 1.807) is 30.0 Å². The molecule has 0 aromatic heterocycles. The van der Waals surface area contributed by atoms with Crippen LogP contribution in [0.25, 0.3) is 6.08 Å². The highest BCUT2D eigenvalue weighted by atomic mass is 16.5. The molecule has 122 valence electrons. The summed E-state index contributed by atoms with van der Waals surface area (Å²) in [4.78, 5) is 26.4. The summed E-state index contributed by atoms with van der Waals surface area (Å²) >= 11 is 0. The summed E-state index contributed by atoms with van der Waals surface area (Å²) in [5.74, 6) is -0.302. The highest BCUT2D eigenvalue weighted by molar-refractivity contribution is 6.16. The van der Waals surface area contributed by atoms with E-state index in [2.05, 4.69) is 0 Å². The van der Waals surface area contributed by atoms with E-state index in [-0.39, 0.29) is 17.6 Å². The van der Waals surface area contributed by atoms with E-state index in [0.717, 1.165) is 5.56 Å². The molecule has 1 aliphatic heterocycles. The lowest BCUT2D eigenvalue weighted by atomic mass is 10.0. The number of rotatable bonds is 4. The standard InChI is InChI=1S/C18H21NO4/c1-11(2)10-19-12(3)16(18(22)23-4)15(17(19)21)9-13-5-7-14(20)8-6-13/h5-9,11,20H,10H2,1-4H3/b15-9-. The number of hydrogen-bond acceptors (Lipinski definition) is 4. The topological polar surface area (TPSA) is 66.8 Å². The maximum absolute atomic E-state index is 12.7. The molecule has 2 rings (SSSR count). The lowest BCUT2D eigenvalue weighted by molar-refractivity contribution is -0.136. The second-order valence-corrected chi connectivity index (χ2v) is 5.91. The lowest BCUT2D eigenvalue weighted by Crippen LogP contribution is -2.28. The molecular formula is C18H21NO4. The van der Waals surface area contributed by atoms with Gasteiger partial charge in [-0.25, -0.2) is 4.79 Å². The first-order chi connectivity index (χ1) is 10.8. The smallest absolute Gasteiger partial charge is 0.340 e. The third-order valence-electron chi connectivity index (χ3n) is 3.65. The quantitative estimate of drug-likeness (QED) is 0.685. The Kier molecular flexibility index (Phi) is 4.89. The fourth-order valence-corrected chi connectivity index (χ4v) is 2.55. The van der Waals surface area contributed by atoms with E-state index in [4.69, 9.17) is 4.74 Å². The molecule has 5 heteroatoms. The van der Waals surface area contributed by atoms with Gasteiger partial charge in [0, 0.05) is 12.2 Å². The van der Waals surface area contributed by atoms with Gasteiger partial charge in [-0.05, 0) is 36.6 Å². The van der Waals surface area contributed by atoms with E-state index in [9.17, 15) is 14.7 Å². The van der Waals surface area contributed by atoms with E-state index in [0.29, 0.717) is 23.4 Å². The van der Waals surface area contributed by atoms with Crippen molar-refractivity contribution < 1.29 is 19.4 Å². The highest BCUT2D eigenvalue weighted by Gasteiger charge is 2.36. The summed E-state index contributed by atoms with van der Waals surface area (Å²) in [6, 6.07) is 6.44. The summed E-state index contributed by atoms with van der Waals surface area (Å²) in [7, 11) is 1.30. The molecule has 23 heavy (non-hydrogen) atoms. The predicted molar refractivity (Wildman–Crippen MR) is 87.4 cm³/mol. The normalized spacial score (nSPS) is 16.7. The average molecular weight is 315 g/mol. The van der Waals surface area contributed by atoms with Crippen LogP contribution < -0.4 is 0 Å². The molecule has 0 spiro atoms. The summed E-state index contributed by atoms with van der Waals surface area (Å²) in [5, 5.41) is 9.35. The summed E-state index contributed by atoms with van der Waals surface area (Å²) < 4.78 is 4.84. The van der Waals surface area contributed by atoms with Crippen molar-refractivity contribution in [1.29, 1.82) is 0 Å². The molecule has 0 radical (unpaired) electrons. The molecule has 1 N–H and O–H groups in total. The maximum atomic E-state index is 12.7. The van der Waals surface area contributed by atoms with Gasteiger partial charge in [0.2, 0.25) is 0 Å². The van der Waals surface area contributed by atoms with Crippen LogP contribution in [-0.4, -0.2) is 35.5 Å². The molecule has 0 saturated heterocycles. The van der Waals surface area contributed by atoms with Crippen LogP contribution in [0.4, 0.5) is 0 Å². The number of benzene rings is 1. The van der Waals surface area contributed by atoms with Crippen molar-refractivity contribution in [3.05, 3.63) is 46.7 Å². The number of aromatic hydroxyl groups is 1. The second-order valence-electron chi connectivity index (χ2n) is 5.91. The van der Waals surface area contributed by atoms with Crippen molar-refractivity contribution in [3.63, 3.8) is 0 Å². The minimum Gasteiger partial charge on any atom is -0.508 e. The Morgan fingerprint density at radius 1 is 1.30 bits per heavy atom. The number of hydrogen-bond donors (Lipinski definition) is 1. The number of carbonyl (C=O) groups is 2. The van der Waals surface area contributed by atoms with Gasteiger partial charge in [0.25, 0.3) is 5.91 Å². The number of ether oxygens (including phenoxy) is 1. The second kappa shape index (κ2) is 6.69. The minimum atomic E-state index is -0.521. The number of nitrogens with zero attached hydrogens (tertiary/aromatic N) is 1. The first-order valence-corrected chi connectivity index (χ1v) is 7.47. The molecule has 1 aliphatic rings. The zero-order valence-corrected chi connectivity index (χ0v) is 13.8. The predicted octanol–water partition coefficient (Wildman–Crippen LogP) is 2.72. The van der Waals surface area contributed by atoms with Crippen molar-refractivity contribution in [2.45, 2.75) is 20.8 Å². The van der Waals surface area contributed by atoms with Crippen LogP contribution in [0.15, 0.2) is 41.1 Å². The Labute approximate surface area is 135 Å². The van der Waals surface area contributed by atoms with Crippen LogP contribution in [0.5, 0.6) is 5.75 Å². The largest absolute Gasteiger partial charge is 0.508 e. The molecular weight excluding hydrogens is 294 g/mol. The Balaban J connectivity index is 2.49. The molecule has 0 unspecified atom stereocenters. The Hall–Kier alpha value is -2.56. The fraction of sp³-hybridized carbons (Fsp3) is 0.333. The van der Waals surface area contributed by atoms with Crippen LogP contribution in [0.3, 0.4) is 0 Å². The number of phenolic OH excluding ortho intramolecular Hbond substituents is 1. The van der Waals surface area contributed by atoms with Gasteiger partial charge < -0.3 is 14.7 Å². The maximum Gasteiger partial charge on any atom is 0.340 e. The Morgan fingerprint density at radius 2 is 1.91 bits per heavy atom. The zero-order valence-electron chi connectivity index (χ0n) is 13.8. The summed E-state index contributed by atoms with van der Waals surface area (Å²) in [6.07, 6.45) is 1.65. The molecule has 1 amide bonds. The summed E-state index contributed by atoms with van der Waals surface area (Å²) in [5.41, 5.74) is 1.96. The number of allylic oxidation sites excluding steroid dienone is 1. The van der Waals surface area contributed by atoms with Crippen molar-refractivity contribution in [2.24, 2.45) is 5.92 Å². The van der Waals surface area contributed by atoms with Crippen LogP contribution >= 0.6 is 0 Å². The molecule has 0 atom stereocenters. The van der Waals surface area contributed by atoms with Gasteiger partial charge in [-0.1, -0.05) is 26.0 Å². The fourth-order valence-electron chi connectivity index (χ4n) is 2.55. The number of phenols is 1. The number of esters is 1.